The van der Waals surface area contributed by atoms with Crippen molar-refractivity contribution in [2.24, 2.45) is 0 Å². The molecule has 1 amide bonds. The van der Waals surface area contributed by atoms with Gasteiger partial charge in [0, 0.05) is 50.7 Å². The van der Waals surface area contributed by atoms with Crippen molar-refractivity contribution >= 4 is 5.91 Å². The summed E-state index contributed by atoms with van der Waals surface area (Å²) in [4.78, 5) is 21.2. The van der Waals surface area contributed by atoms with Gasteiger partial charge in [-0.1, -0.05) is 24.3 Å². The second-order valence-corrected chi connectivity index (χ2v) is 6.87. The zero-order valence-corrected chi connectivity index (χ0v) is 15.7. The van der Waals surface area contributed by atoms with Crippen molar-refractivity contribution in [3.8, 4) is 11.5 Å². The third-order valence-electron chi connectivity index (χ3n) is 4.87. The SMILES string of the molecule is O=C(c1ccc(Oc2ccccc2)cc1)N1CCN(Cc2cccnc2)CC1. The van der Waals surface area contributed by atoms with Crippen LogP contribution in [0.15, 0.2) is 79.1 Å². The Kier molecular flexibility index (Phi) is 5.64. The van der Waals surface area contributed by atoms with Crippen molar-refractivity contribution in [1.82, 2.24) is 14.8 Å². The van der Waals surface area contributed by atoms with Crippen LogP contribution < -0.4 is 4.74 Å². The molecule has 4 rings (SSSR count). The van der Waals surface area contributed by atoms with E-state index in [1.165, 1.54) is 5.56 Å². The second kappa shape index (κ2) is 8.67. The largest absolute Gasteiger partial charge is 0.457 e. The van der Waals surface area contributed by atoms with E-state index in [9.17, 15) is 4.79 Å². The molecule has 0 N–H and O–H groups in total. The number of pyridine rings is 1. The Labute approximate surface area is 165 Å². The van der Waals surface area contributed by atoms with Crippen molar-refractivity contribution in [2.45, 2.75) is 6.54 Å². The number of carbonyl (C=O) groups is 1. The van der Waals surface area contributed by atoms with Gasteiger partial charge in [-0.15, -0.1) is 0 Å². The van der Waals surface area contributed by atoms with Crippen molar-refractivity contribution < 1.29 is 9.53 Å². The number of para-hydroxylation sites is 1. The normalized spacial score (nSPS) is 14.6. The van der Waals surface area contributed by atoms with Crippen molar-refractivity contribution in [1.29, 1.82) is 0 Å². The number of piperazine rings is 1. The highest BCUT2D eigenvalue weighted by molar-refractivity contribution is 5.94. The van der Waals surface area contributed by atoms with Gasteiger partial charge in [0.05, 0.1) is 0 Å². The molecule has 0 saturated carbocycles. The van der Waals surface area contributed by atoms with Crippen molar-refractivity contribution in [3.05, 3.63) is 90.3 Å². The van der Waals surface area contributed by atoms with Gasteiger partial charge in [0.2, 0.25) is 0 Å². The molecule has 0 spiro atoms. The van der Waals surface area contributed by atoms with Gasteiger partial charge in [-0.3, -0.25) is 14.7 Å². The van der Waals surface area contributed by atoms with E-state index in [0.29, 0.717) is 5.56 Å². The molecule has 0 atom stereocenters. The van der Waals surface area contributed by atoms with E-state index in [0.717, 1.165) is 44.2 Å². The van der Waals surface area contributed by atoms with Gasteiger partial charge < -0.3 is 9.64 Å². The third kappa shape index (κ3) is 4.56. The highest BCUT2D eigenvalue weighted by Crippen LogP contribution is 2.22. The highest BCUT2D eigenvalue weighted by Gasteiger charge is 2.22. The molecular formula is C23H23N3O2. The number of ether oxygens (including phenoxy) is 1. The monoisotopic (exact) mass is 373 g/mol. The lowest BCUT2D eigenvalue weighted by Crippen LogP contribution is -2.48. The van der Waals surface area contributed by atoms with Gasteiger partial charge in [-0.25, -0.2) is 0 Å². The maximum Gasteiger partial charge on any atom is 0.253 e. The minimum atomic E-state index is 0.0762. The first-order valence-corrected chi connectivity index (χ1v) is 9.51. The van der Waals surface area contributed by atoms with Crippen LogP contribution in [0.4, 0.5) is 0 Å². The molecule has 142 valence electrons. The lowest BCUT2D eigenvalue weighted by molar-refractivity contribution is 0.0628. The molecule has 5 nitrogen and oxygen atoms in total. The lowest BCUT2D eigenvalue weighted by atomic mass is 10.1. The number of nitrogens with zero attached hydrogens (tertiary/aromatic N) is 3. The van der Waals surface area contributed by atoms with Gasteiger partial charge in [0.1, 0.15) is 11.5 Å². The van der Waals surface area contributed by atoms with E-state index in [2.05, 4.69) is 16.0 Å². The molecule has 3 aromatic rings. The molecular weight excluding hydrogens is 350 g/mol. The number of hydrogen-bond acceptors (Lipinski definition) is 4. The summed E-state index contributed by atoms with van der Waals surface area (Å²) in [7, 11) is 0. The molecule has 5 heteroatoms. The zero-order chi connectivity index (χ0) is 19.2. The van der Waals surface area contributed by atoms with Crippen LogP contribution in [0.3, 0.4) is 0 Å². The standard InChI is InChI=1S/C23H23N3O2/c27-23(20-8-10-22(11-9-20)28-21-6-2-1-3-7-21)26-15-13-25(14-16-26)18-19-5-4-12-24-17-19/h1-12,17H,13-16,18H2. The van der Waals surface area contributed by atoms with Crippen LogP contribution in [0, 0.1) is 0 Å². The minimum absolute atomic E-state index is 0.0762. The maximum atomic E-state index is 12.8. The van der Waals surface area contributed by atoms with Crippen LogP contribution >= 0.6 is 0 Å². The van der Waals surface area contributed by atoms with Crippen LogP contribution in [0.1, 0.15) is 15.9 Å². The first-order valence-electron chi connectivity index (χ1n) is 9.51. The Hall–Kier alpha value is -3.18. The van der Waals surface area contributed by atoms with Gasteiger partial charge in [0.15, 0.2) is 0 Å². The summed E-state index contributed by atoms with van der Waals surface area (Å²) in [5, 5.41) is 0. The summed E-state index contributed by atoms with van der Waals surface area (Å²) >= 11 is 0. The van der Waals surface area contributed by atoms with Crippen LogP contribution in [0.25, 0.3) is 0 Å². The molecule has 2 aromatic carbocycles. The molecule has 0 aliphatic carbocycles. The Bertz CT molecular complexity index is 890. The smallest absolute Gasteiger partial charge is 0.253 e. The Morgan fingerprint density at radius 2 is 1.57 bits per heavy atom. The number of amides is 1. The molecule has 1 aromatic heterocycles. The fourth-order valence-electron chi connectivity index (χ4n) is 3.33. The average molecular weight is 373 g/mol. The molecule has 1 aliphatic heterocycles. The number of hydrogen-bond donors (Lipinski definition) is 0. The predicted molar refractivity (Wildman–Crippen MR) is 108 cm³/mol. The third-order valence-corrected chi connectivity index (χ3v) is 4.87. The average Bonchev–Trinajstić information content (AvgIpc) is 2.76. The van der Waals surface area contributed by atoms with E-state index < -0.39 is 0 Å². The fourth-order valence-corrected chi connectivity index (χ4v) is 3.33. The van der Waals surface area contributed by atoms with E-state index >= 15 is 0 Å². The summed E-state index contributed by atoms with van der Waals surface area (Å²) < 4.78 is 5.79. The Morgan fingerprint density at radius 3 is 2.25 bits per heavy atom. The fraction of sp³-hybridized carbons (Fsp3) is 0.217. The van der Waals surface area contributed by atoms with Gasteiger partial charge in [-0.2, -0.15) is 0 Å². The molecule has 1 aliphatic rings. The first kappa shape index (κ1) is 18.2. The van der Waals surface area contributed by atoms with E-state index in [1.54, 1.807) is 6.20 Å². The molecule has 1 saturated heterocycles. The molecule has 28 heavy (non-hydrogen) atoms. The number of carbonyl (C=O) groups excluding carboxylic acids is 1. The number of aromatic nitrogens is 1. The van der Waals surface area contributed by atoms with E-state index in [1.807, 2.05) is 71.8 Å². The number of benzene rings is 2. The first-order chi connectivity index (χ1) is 13.8. The molecule has 2 heterocycles. The maximum absolute atomic E-state index is 12.8. The van der Waals surface area contributed by atoms with E-state index in [4.69, 9.17) is 4.74 Å². The summed E-state index contributed by atoms with van der Waals surface area (Å²) in [6.45, 7) is 4.09. The van der Waals surface area contributed by atoms with Crippen LogP contribution in [-0.4, -0.2) is 46.9 Å². The summed E-state index contributed by atoms with van der Waals surface area (Å²) in [6.07, 6.45) is 3.69. The highest BCUT2D eigenvalue weighted by atomic mass is 16.5. The summed E-state index contributed by atoms with van der Waals surface area (Å²) in [6, 6.07) is 21.0. The predicted octanol–water partition coefficient (Wildman–Crippen LogP) is 3.83. The lowest BCUT2D eigenvalue weighted by Gasteiger charge is -2.34. The molecule has 1 fully saturated rings. The van der Waals surface area contributed by atoms with E-state index in [-0.39, 0.29) is 5.91 Å². The molecule has 0 radical (unpaired) electrons. The zero-order valence-electron chi connectivity index (χ0n) is 15.7. The Morgan fingerprint density at radius 1 is 0.857 bits per heavy atom. The van der Waals surface area contributed by atoms with Crippen LogP contribution in [0.5, 0.6) is 11.5 Å². The van der Waals surface area contributed by atoms with Gasteiger partial charge in [-0.05, 0) is 48.0 Å². The minimum Gasteiger partial charge on any atom is -0.457 e. The van der Waals surface area contributed by atoms with Crippen LogP contribution in [-0.2, 0) is 6.54 Å². The Balaban J connectivity index is 1.31. The van der Waals surface area contributed by atoms with Gasteiger partial charge in [0.25, 0.3) is 5.91 Å². The second-order valence-electron chi connectivity index (χ2n) is 6.87. The van der Waals surface area contributed by atoms with Gasteiger partial charge >= 0.3 is 0 Å². The summed E-state index contributed by atoms with van der Waals surface area (Å²) in [5.74, 6) is 1.59. The van der Waals surface area contributed by atoms with Crippen molar-refractivity contribution in [2.75, 3.05) is 26.2 Å². The molecule has 0 unspecified atom stereocenters. The summed E-state index contributed by atoms with van der Waals surface area (Å²) in [5.41, 5.74) is 1.90. The topological polar surface area (TPSA) is 45.7 Å². The van der Waals surface area contributed by atoms with Crippen molar-refractivity contribution in [3.63, 3.8) is 0 Å². The quantitative estimate of drug-likeness (QED) is 0.682. The molecule has 0 bridgehead atoms. The van der Waals surface area contributed by atoms with Crippen LogP contribution in [0.2, 0.25) is 0 Å². The number of rotatable bonds is 5.